The molecule has 0 radical (unpaired) electrons. The number of rotatable bonds is 18. The van der Waals surface area contributed by atoms with Gasteiger partial charge in [0.1, 0.15) is 0 Å². The SMILES string of the molecule is CCCCCCCCCCCCCCCCCCCC1=C(O)C(=O)C(C)=C(O)C1=O. The zero-order chi connectivity index (χ0) is 22.2. The van der Waals surface area contributed by atoms with Crippen LogP contribution in [0.25, 0.3) is 0 Å². The van der Waals surface area contributed by atoms with E-state index in [-0.39, 0.29) is 11.1 Å². The van der Waals surface area contributed by atoms with Crippen LogP contribution in [0, 0.1) is 0 Å². The summed E-state index contributed by atoms with van der Waals surface area (Å²) in [5, 5.41) is 19.6. The van der Waals surface area contributed by atoms with Crippen molar-refractivity contribution in [1.29, 1.82) is 0 Å². The number of hydrogen-bond acceptors (Lipinski definition) is 4. The summed E-state index contributed by atoms with van der Waals surface area (Å²) in [6.07, 6.45) is 22.2. The van der Waals surface area contributed by atoms with Crippen LogP contribution in [-0.2, 0) is 9.59 Å². The summed E-state index contributed by atoms with van der Waals surface area (Å²) in [6.45, 7) is 3.62. The first kappa shape index (κ1) is 26.5. The summed E-state index contributed by atoms with van der Waals surface area (Å²) >= 11 is 0. The maximum Gasteiger partial charge on any atom is 0.227 e. The van der Waals surface area contributed by atoms with Gasteiger partial charge in [0, 0.05) is 11.1 Å². The first-order valence-electron chi connectivity index (χ1n) is 12.4. The van der Waals surface area contributed by atoms with E-state index in [9.17, 15) is 19.8 Å². The highest BCUT2D eigenvalue weighted by molar-refractivity contribution is 6.22. The van der Waals surface area contributed by atoms with Crippen molar-refractivity contribution >= 4 is 11.6 Å². The third kappa shape index (κ3) is 9.95. The standard InChI is InChI=1S/C26H44O4/c1-3-4-5-6-7-8-9-10-11-12-13-14-15-16-17-18-19-20-22-25(29)23(27)21(2)24(28)26(22)30/h27,30H,3-20H2,1-2H3. The van der Waals surface area contributed by atoms with Crippen molar-refractivity contribution in [3.8, 4) is 0 Å². The zero-order valence-electron chi connectivity index (χ0n) is 19.4. The molecule has 0 bridgehead atoms. The summed E-state index contributed by atoms with van der Waals surface area (Å²) < 4.78 is 0. The Bertz CT molecular complexity index is 586. The third-order valence-corrected chi connectivity index (χ3v) is 6.22. The Hall–Kier alpha value is -1.58. The molecule has 0 saturated carbocycles. The molecule has 30 heavy (non-hydrogen) atoms. The van der Waals surface area contributed by atoms with Gasteiger partial charge in [0.2, 0.25) is 11.6 Å². The minimum absolute atomic E-state index is 0.0661. The van der Waals surface area contributed by atoms with Crippen LogP contribution in [0.2, 0.25) is 0 Å². The Labute approximate surface area is 183 Å². The van der Waals surface area contributed by atoms with E-state index in [0.29, 0.717) is 6.42 Å². The second-order valence-corrected chi connectivity index (χ2v) is 8.87. The average molecular weight is 421 g/mol. The minimum atomic E-state index is -0.630. The fourth-order valence-electron chi connectivity index (χ4n) is 4.10. The fraction of sp³-hybridized carbons (Fsp3) is 0.769. The molecule has 172 valence electrons. The third-order valence-electron chi connectivity index (χ3n) is 6.22. The molecule has 0 amide bonds. The highest BCUT2D eigenvalue weighted by Gasteiger charge is 2.31. The van der Waals surface area contributed by atoms with E-state index in [1.54, 1.807) is 0 Å². The second-order valence-electron chi connectivity index (χ2n) is 8.87. The Morgan fingerprint density at radius 3 is 1.30 bits per heavy atom. The van der Waals surface area contributed by atoms with Crippen LogP contribution in [0.15, 0.2) is 22.7 Å². The molecule has 1 rings (SSSR count). The highest BCUT2D eigenvalue weighted by Crippen LogP contribution is 2.25. The van der Waals surface area contributed by atoms with Crippen molar-refractivity contribution in [2.24, 2.45) is 0 Å². The Morgan fingerprint density at radius 1 is 0.533 bits per heavy atom. The lowest BCUT2D eigenvalue weighted by atomic mass is 9.91. The van der Waals surface area contributed by atoms with Gasteiger partial charge in [-0.15, -0.1) is 0 Å². The molecule has 0 aromatic heterocycles. The molecule has 0 unspecified atom stereocenters. The summed E-state index contributed by atoms with van der Waals surface area (Å²) in [5.41, 5.74) is 0.00715. The molecule has 0 aromatic carbocycles. The molecule has 1 aliphatic carbocycles. The normalized spacial score (nSPS) is 14.9. The fourth-order valence-corrected chi connectivity index (χ4v) is 4.10. The molecule has 0 aromatic rings. The molecule has 1 aliphatic rings. The summed E-state index contributed by atoms with van der Waals surface area (Å²) in [4.78, 5) is 23.8. The van der Waals surface area contributed by atoms with Gasteiger partial charge in [-0.25, -0.2) is 0 Å². The summed E-state index contributed by atoms with van der Waals surface area (Å²) in [5.74, 6) is -2.22. The monoisotopic (exact) mass is 420 g/mol. The van der Waals surface area contributed by atoms with Gasteiger partial charge in [-0.1, -0.05) is 110 Å². The van der Waals surface area contributed by atoms with E-state index < -0.39 is 23.1 Å². The van der Waals surface area contributed by atoms with Crippen LogP contribution in [0.5, 0.6) is 0 Å². The molecule has 0 fully saturated rings. The second kappa shape index (κ2) is 16.2. The Balaban J connectivity index is 1.93. The Kier molecular flexibility index (Phi) is 14.2. The number of hydrogen-bond donors (Lipinski definition) is 2. The van der Waals surface area contributed by atoms with Crippen LogP contribution < -0.4 is 0 Å². The van der Waals surface area contributed by atoms with E-state index in [0.717, 1.165) is 19.3 Å². The molecule has 0 spiro atoms. The van der Waals surface area contributed by atoms with Crippen molar-refractivity contribution in [3.05, 3.63) is 22.7 Å². The van der Waals surface area contributed by atoms with Crippen molar-refractivity contribution in [3.63, 3.8) is 0 Å². The topological polar surface area (TPSA) is 74.6 Å². The predicted molar refractivity (Wildman–Crippen MR) is 124 cm³/mol. The van der Waals surface area contributed by atoms with Gasteiger partial charge in [-0.2, -0.15) is 0 Å². The lowest BCUT2D eigenvalue weighted by Crippen LogP contribution is -2.22. The van der Waals surface area contributed by atoms with Gasteiger partial charge in [0.25, 0.3) is 0 Å². The van der Waals surface area contributed by atoms with E-state index in [1.807, 2.05) is 0 Å². The molecular weight excluding hydrogens is 376 g/mol. The zero-order valence-corrected chi connectivity index (χ0v) is 19.4. The molecule has 0 aliphatic heterocycles. The number of aliphatic hydroxyl groups is 2. The maximum absolute atomic E-state index is 12.0. The molecule has 0 saturated heterocycles. The van der Waals surface area contributed by atoms with Crippen molar-refractivity contribution < 1.29 is 19.8 Å². The number of carbonyl (C=O) groups is 2. The lowest BCUT2D eigenvalue weighted by molar-refractivity contribution is -0.120. The lowest BCUT2D eigenvalue weighted by Gasteiger charge is -2.15. The van der Waals surface area contributed by atoms with Gasteiger partial charge >= 0.3 is 0 Å². The molecule has 0 heterocycles. The molecular formula is C26H44O4. The number of ketones is 2. The van der Waals surface area contributed by atoms with Gasteiger partial charge in [-0.3, -0.25) is 9.59 Å². The largest absolute Gasteiger partial charge is 0.504 e. The number of aliphatic hydroxyl groups excluding tert-OH is 2. The maximum atomic E-state index is 12.0. The minimum Gasteiger partial charge on any atom is -0.504 e. The Morgan fingerprint density at radius 2 is 0.900 bits per heavy atom. The molecule has 4 nitrogen and oxygen atoms in total. The smallest absolute Gasteiger partial charge is 0.227 e. The predicted octanol–water partition coefficient (Wildman–Crippen LogP) is 7.82. The van der Waals surface area contributed by atoms with Crippen LogP contribution >= 0.6 is 0 Å². The van der Waals surface area contributed by atoms with Gasteiger partial charge in [-0.05, 0) is 19.8 Å². The molecule has 2 N–H and O–H groups in total. The van der Waals surface area contributed by atoms with E-state index in [2.05, 4.69) is 6.92 Å². The van der Waals surface area contributed by atoms with Gasteiger partial charge in [0.15, 0.2) is 11.5 Å². The van der Waals surface area contributed by atoms with E-state index in [4.69, 9.17) is 0 Å². The van der Waals surface area contributed by atoms with E-state index >= 15 is 0 Å². The van der Waals surface area contributed by atoms with Crippen LogP contribution in [-0.4, -0.2) is 21.8 Å². The van der Waals surface area contributed by atoms with E-state index in [1.165, 1.54) is 96.8 Å². The van der Waals surface area contributed by atoms with Crippen LogP contribution in [0.1, 0.15) is 129 Å². The van der Waals surface area contributed by atoms with Gasteiger partial charge < -0.3 is 10.2 Å². The highest BCUT2D eigenvalue weighted by atomic mass is 16.3. The van der Waals surface area contributed by atoms with Crippen LogP contribution in [0.3, 0.4) is 0 Å². The first-order valence-corrected chi connectivity index (χ1v) is 12.4. The van der Waals surface area contributed by atoms with Crippen LogP contribution in [0.4, 0.5) is 0 Å². The summed E-state index contributed by atoms with van der Waals surface area (Å²) in [6, 6.07) is 0. The van der Waals surface area contributed by atoms with Crippen molar-refractivity contribution in [2.45, 2.75) is 129 Å². The number of allylic oxidation sites excluding steroid dienone is 2. The first-order chi connectivity index (χ1) is 14.5. The number of unbranched alkanes of at least 4 members (excludes halogenated alkanes) is 16. The average Bonchev–Trinajstić information content (AvgIpc) is 2.75. The number of Topliss-reactive ketones (excluding diaryl/α,β-unsaturated/α-hetero) is 2. The summed E-state index contributed by atoms with van der Waals surface area (Å²) in [7, 11) is 0. The van der Waals surface area contributed by atoms with Crippen molar-refractivity contribution in [2.75, 3.05) is 0 Å². The van der Waals surface area contributed by atoms with Gasteiger partial charge in [0.05, 0.1) is 0 Å². The molecule has 0 atom stereocenters. The van der Waals surface area contributed by atoms with Crippen molar-refractivity contribution in [1.82, 2.24) is 0 Å². The molecule has 4 heteroatoms. The quantitative estimate of drug-likeness (QED) is 0.175. The number of carbonyl (C=O) groups excluding carboxylic acids is 2.